The maximum absolute atomic E-state index is 12.4. The quantitative estimate of drug-likeness (QED) is 0.697. The SMILES string of the molecule is COc1ccc(CNC(=O)c2cccc(OCc3ccccc3)c2)cc1. The molecule has 0 spiro atoms. The summed E-state index contributed by atoms with van der Waals surface area (Å²) in [5.41, 5.74) is 2.67. The molecule has 4 heteroatoms. The Morgan fingerprint density at radius 2 is 1.62 bits per heavy atom. The largest absolute Gasteiger partial charge is 0.497 e. The maximum Gasteiger partial charge on any atom is 0.251 e. The summed E-state index contributed by atoms with van der Waals surface area (Å²) in [6.45, 7) is 0.926. The first-order valence-corrected chi connectivity index (χ1v) is 8.42. The Morgan fingerprint density at radius 3 is 2.35 bits per heavy atom. The summed E-state index contributed by atoms with van der Waals surface area (Å²) in [6.07, 6.45) is 0. The highest BCUT2D eigenvalue weighted by Crippen LogP contribution is 2.16. The Kier molecular flexibility index (Phi) is 5.88. The van der Waals surface area contributed by atoms with Crippen molar-refractivity contribution in [2.75, 3.05) is 7.11 Å². The molecule has 0 atom stereocenters. The molecule has 0 aliphatic heterocycles. The summed E-state index contributed by atoms with van der Waals surface area (Å²) in [7, 11) is 1.63. The van der Waals surface area contributed by atoms with Gasteiger partial charge < -0.3 is 14.8 Å². The van der Waals surface area contributed by atoms with Crippen LogP contribution in [0.15, 0.2) is 78.9 Å². The highest BCUT2D eigenvalue weighted by Gasteiger charge is 2.07. The fourth-order valence-corrected chi connectivity index (χ4v) is 2.50. The van der Waals surface area contributed by atoms with Crippen molar-refractivity contribution in [3.8, 4) is 11.5 Å². The van der Waals surface area contributed by atoms with Gasteiger partial charge in [-0.25, -0.2) is 0 Å². The van der Waals surface area contributed by atoms with Gasteiger partial charge in [0.15, 0.2) is 0 Å². The van der Waals surface area contributed by atoms with Crippen LogP contribution in [-0.2, 0) is 13.2 Å². The van der Waals surface area contributed by atoms with Gasteiger partial charge in [-0.15, -0.1) is 0 Å². The van der Waals surface area contributed by atoms with E-state index in [1.54, 1.807) is 19.2 Å². The second kappa shape index (κ2) is 8.72. The number of nitrogens with one attached hydrogen (secondary N) is 1. The molecule has 0 aromatic heterocycles. The molecule has 132 valence electrons. The lowest BCUT2D eigenvalue weighted by atomic mass is 10.1. The zero-order valence-electron chi connectivity index (χ0n) is 14.6. The summed E-state index contributed by atoms with van der Waals surface area (Å²) in [6, 6.07) is 24.7. The monoisotopic (exact) mass is 347 g/mol. The second-order valence-electron chi connectivity index (χ2n) is 5.83. The van der Waals surface area contributed by atoms with E-state index in [4.69, 9.17) is 9.47 Å². The Hall–Kier alpha value is -3.27. The number of benzene rings is 3. The minimum Gasteiger partial charge on any atom is -0.497 e. The van der Waals surface area contributed by atoms with E-state index >= 15 is 0 Å². The van der Waals surface area contributed by atoms with Gasteiger partial charge in [0.2, 0.25) is 0 Å². The Labute approximate surface area is 153 Å². The third-order valence-corrected chi connectivity index (χ3v) is 3.96. The van der Waals surface area contributed by atoms with E-state index in [9.17, 15) is 4.79 Å². The van der Waals surface area contributed by atoms with Crippen LogP contribution >= 0.6 is 0 Å². The molecule has 0 fully saturated rings. The van der Waals surface area contributed by atoms with Gasteiger partial charge in [-0.2, -0.15) is 0 Å². The van der Waals surface area contributed by atoms with E-state index in [0.717, 1.165) is 16.9 Å². The summed E-state index contributed by atoms with van der Waals surface area (Å²) in [4.78, 5) is 12.4. The van der Waals surface area contributed by atoms with Gasteiger partial charge in [0.25, 0.3) is 5.91 Å². The Bertz CT molecular complexity index is 845. The lowest BCUT2D eigenvalue weighted by molar-refractivity contribution is 0.0950. The average Bonchev–Trinajstić information content (AvgIpc) is 2.72. The summed E-state index contributed by atoms with van der Waals surface area (Å²) < 4.78 is 10.9. The van der Waals surface area contributed by atoms with Crippen molar-refractivity contribution in [1.29, 1.82) is 0 Å². The molecule has 0 saturated carbocycles. The van der Waals surface area contributed by atoms with Crippen LogP contribution in [0.3, 0.4) is 0 Å². The highest BCUT2D eigenvalue weighted by atomic mass is 16.5. The molecule has 0 bridgehead atoms. The van der Waals surface area contributed by atoms with Crippen LogP contribution in [0, 0.1) is 0 Å². The van der Waals surface area contributed by atoms with Crippen molar-refractivity contribution in [3.05, 3.63) is 95.6 Å². The fraction of sp³-hybridized carbons (Fsp3) is 0.136. The number of amides is 1. The van der Waals surface area contributed by atoms with Crippen molar-refractivity contribution in [2.24, 2.45) is 0 Å². The van der Waals surface area contributed by atoms with Crippen LogP contribution in [0.2, 0.25) is 0 Å². The number of ether oxygens (including phenoxy) is 2. The molecular formula is C22H21NO3. The van der Waals surface area contributed by atoms with E-state index in [1.165, 1.54) is 0 Å². The molecule has 0 aliphatic rings. The van der Waals surface area contributed by atoms with Crippen molar-refractivity contribution in [1.82, 2.24) is 5.32 Å². The molecule has 1 amide bonds. The molecule has 26 heavy (non-hydrogen) atoms. The number of carbonyl (C=O) groups is 1. The zero-order valence-corrected chi connectivity index (χ0v) is 14.6. The van der Waals surface area contributed by atoms with Crippen molar-refractivity contribution in [3.63, 3.8) is 0 Å². The third-order valence-electron chi connectivity index (χ3n) is 3.96. The predicted octanol–water partition coefficient (Wildman–Crippen LogP) is 4.20. The molecule has 0 heterocycles. The third kappa shape index (κ3) is 4.86. The van der Waals surface area contributed by atoms with Gasteiger partial charge in [0, 0.05) is 12.1 Å². The van der Waals surface area contributed by atoms with Gasteiger partial charge in [0.1, 0.15) is 18.1 Å². The Balaban J connectivity index is 1.57. The first-order chi connectivity index (χ1) is 12.7. The molecule has 4 nitrogen and oxygen atoms in total. The van der Waals surface area contributed by atoms with Crippen LogP contribution in [-0.4, -0.2) is 13.0 Å². The number of hydrogen-bond donors (Lipinski definition) is 1. The van der Waals surface area contributed by atoms with Crippen molar-refractivity contribution >= 4 is 5.91 Å². The summed E-state index contributed by atoms with van der Waals surface area (Å²) in [5.74, 6) is 1.33. The van der Waals surface area contributed by atoms with Gasteiger partial charge in [-0.05, 0) is 41.5 Å². The minimum absolute atomic E-state index is 0.133. The first-order valence-electron chi connectivity index (χ1n) is 8.42. The van der Waals surface area contributed by atoms with E-state index in [1.807, 2.05) is 66.7 Å². The van der Waals surface area contributed by atoms with Crippen molar-refractivity contribution < 1.29 is 14.3 Å². The molecule has 1 N–H and O–H groups in total. The standard InChI is InChI=1S/C22H21NO3/c1-25-20-12-10-17(11-13-20)15-23-22(24)19-8-5-9-21(14-19)26-16-18-6-3-2-4-7-18/h2-14H,15-16H2,1H3,(H,23,24). The van der Waals surface area contributed by atoms with E-state index in [-0.39, 0.29) is 5.91 Å². The number of hydrogen-bond acceptors (Lipinski definition) is 3. The van der Waals surface area contributed by atoms with Crippen LogP contribution in [0.5, 0.6) is 11.5 Å². The van der Waals surface area contributed by atoms with Crippen LogP contribution in [0.25, 0.3) is 0 Å². The molecule has 3 rings (SSSR count). The molecule has 3 aromatic carbocycles. The second-order valence-corrected chi connectivity index (χ2v) is 5.83. The molecule has 0 unspecified atom stereocenters. The van der Waals surface area contributed by atoms with E-state index in [0.29, 0.717) is 24.5 Å². The van der Waals surface area contributed by atoms with Gasteiger partial charge in [0.05, 0.1) is 7.11 Å². The first kappa shape index (κ1) is 17.5. The van der Waals surface area contributed by atoms with E-state index in [2.05, 4.69) is 5.32 Å². The molecule has 3 aromatic rings. The van der Waals surface area contributed by atoms with E-state index < -0.39 is 0 Å². The normalized spacial score (nSPS) is 10.2. The minimum atomic E-state index is -0.133. The lowest BCUT2D eigenvalue weighted by Gasteiger charge is -2.09. The molecule has 0 radical (unpaired) electrons. The van der Waals surface area contributed by atoms with Gasteiger partial charge in [-0.1, -0.05) is 48.5 Å². The lowest BCUT2D eigenvalue weighted by Crippen LogP contribution is -2.22. The van der Waals surface area contributed by atoms with Gasteiger partial charge >= 0.3 is 0 Å². The number of carbonyl (C=O) groups excluding carboxylic acids is 1. The average molecular weight is 347 g/mol. The zero-order chi connectivity index (χ0) is 18.2. The smallest absolute Gasteiger partial charge is 0.251 e. The van der Waals surface area contributed by atoms with Crippen molar-refractivity contribution in [2.45, 2.75) is 13.2 Å². The van der Waals surface area contributed by atoms with Crippen LogP contribution < -0.4 is 14.8 Å². The summed E-state index contributed by atoms with van der Waals surface area (Å²) in [5, 5.41) is 2.92. The molecular weight excluding hydrogens is 326 g/mol. The van der Waals surface area contributed by atoms with Crippen LogP contribution in [0.4, 0.5) is 0 Å². The summed E-state index contributed by atoms with van der Waals surface area (Å²) >= 11 is 0. The molecule has 0 saturated heterocycles. The predicted molar refractivity (Wildman–Crippen MR) is 101 cm³/mol. The maximum atomic E-state index is 12.4. The van der Waals surface area contributed by atoms with Gasteiger partial charge in [-0.3, -0.25) is 4.79 Å². The molecule has 0 aliphatic carbocycles. The number of rotatable bonds is 7. The van der Waals surface area contributed by atoms with Crippen LogP contribution in [0.1, 0.15) is 21.5 Å². The topological polar surface area (TPSA) is 47.6 Å². The highest BCUT2D eigenvalue weighted by molar-refractivity contribution is 5.94. The number of methoxy groups -OCH3 is 1. The fourth-order valence-electron chi connectivity index (χ4n) is 2.50. The Morgan fingerprint density at radius 1 is 0.846 bits per heavy atom.